The molecule has 0 radical (unpaired) electrons. The number of carboxylic acid groups (broad SMARTS) is 1. The van der Waals surface area contributed by atoms with Crippen LogP contribution < -0.4 is 0 Å². The Morgan fingerprint density at radius 3 is 2.42 bits per heavy atom. The molecule has 1 atom stereocenters. The number of hydroxylamine groups is 1. The van der Waals surface area contributed by atoms with Crippen molar-refractivity contribution in [3.63, 3.8) is 0 Å². The second-order valence-corrected chi connectivity index (χ2v) is 8.56. The van der Waals surface area contributed by atoms with Gasteiger partial charge in [-0.05, 0) is 39.2 Å². The van der Waals surface area contributed by atoms with Gasteiger partial charge in [0.2, 0.25) is 0 Å². The summed E-state index contributed by atoms with van der Waals surface area (Å²) in [5.74, 6) is 3.88. The molecule has 1 rings (SSSR count). The van der Waals surface area contributed by atoms with Crippen LogP contribution in [0, 0.1) is 11.8 Å². The van der Waals surface area contributed by atoms with Crippen LogP contribution in [-0.2, 0) is 19.7 Å². The van der Waals surface area contributed by atoms with Gasteiger partial charge in [-0.1, -0.05) is 28.6 Å². The molecule has 8 heteroatoms. The van der Waals surface area contributed by atoms with Gasteiger partial charge in [-0.25, -0.2) is 8.42 Å². The summed E-state index contributed by atoms with van der Waals surface area (Å²) in [6.07, 6.45) is 1.72. The van der Waals surface area contributed by atoms with E-state index in [1.165, 1.54) is 23.9 Å². The van der Waals surface area contributed by atoms with E-state index >= 15 is 0 Å². The summed E-state index contributed by atoms with van der Waals surface area (Å²) >= 11 is 1.24. The van der Waals surface area contributed by atoms with Crippen molar-refractivity contribution >= 4 is 27.8 Å². The van der Waals surface area contributed by atoms with E-state index in [2.05, 4.69) is 11.8 Å². The zero-order valence-electron chi connectivity index (χ0n) is 14.0. The molecule has 1 N–H and O–H groups in total. The maximum atomic E-state index is 12.9. The van der Waals surface area contributed by atoms with Crippen LogP contribution in [0.3, 0.4) is 0 Å². The number of carboxylic acids is 1. The Hall–Kier alpha value is -1.53. The summed E-state index contributed by atoms with van der Waals surface area (Å²) < 4.78 is 25.5. The highest BCUT2D eigenvalue weighted by Gasteiger charge is 2.46. The topological polar surface area (TPSA) is 83.9 Å². The van der Waals surface area contributed by atoms with Gasteiger partial charge in [0.1, 0.15) is 6.61 Å². The minimum Gasteiger partial charge on any atom is -0.480 e. The molecular formula is C16H21NO5S2. The van der Waals surface area contributed by atoms with Crippen molar-refractivity contribution in [3.8, 4) is 11.8 Å². The third kappa shape index (κ3) is 4.74. The van der Waals surface area contributed by atoms with Crippen LogP contribution in [0.4, 0.5) is 0 Å². The van der Waals surface area contributed by atoms with Gasteiger partial charge in [-0.2, -0.15) is 11.8 Å². The van der Waals surface area contributed by atoms with E-state index < -0.39 is 26.8 Å². The number of rotatable bonds is 8. The summed E-state index contributed by atoms with van der Waals surface area (Å²) in [4.78, 5) is 17.1. The number of hydrogen-bond donors (Lipinski definition) is 1. The molecule has 0 aliphatic carbocycles. The molecule has 1 aromatic carbocycles. The Bertz CT molecular complexity index is 720. The molecule has 0 saturated carbocycles. The second-order valence-electron chi connectivity index (χ2n) is 5.32. The maximum Gasteiger partial charge on any atom is 0.326 e. The summed E-state index contributed by atoms with van der Waals surface area (Å²) in [5.41, 5.74) is 0. The zero-order valence-corrected chi connectivity index (χ0v) is 15.6. The first kappa shape index (κ1) is 20.5. The molecule has 0 fully saturated rings. The lowest BCUT2D eigenvalue weighted by molar-refractivity contribution is -0.161. The first-order valence-electron chi connectivity index (χ1n) is 7.08. The Morgan fingerprint density at radius 2 is 1.96 bits per heavy atom. The highest BCUT2D eigenvalue weighted by atomic mass is 32.2. The van der Waals surface area contributed by atoms with Crippen LogP contribution in [-0.4, -0.2) is 47.6 Å². The number of aliphatic carboxylic acids is 1. The van der Waals surface area contributed by atoms with Gasteiger partial charge in [0.25, 0.3) is 10.0 Å². The Balaban J connectivity index is 3.43. The molecule has 0 aromatic heterocycles. The highest BCUT2D eigenvalue weighted by Crippen LogP contribution is 2.33. The van der Waals surface area contributed by atoms with E-state index in [1.54, 1.807) is 45.2 Å². The molecule has 6 nitrogen and oxygen atoms in total. The Kier molecular flexibility index (Phi) is 7.29. The zero-order chi connectivity index (χ0) is 18.4. The summed E-state index contributed by atoms with van der Waals surface area (Å²) in [6, 6.07) is 6.16. The van der Waals surface area contributed by atoms with Crippen LogP contribution in [0.15, 0.2) is 35.2 Å². The van der Waals surface area contributed by atoms with Crippen molar-refractivity contribution in [3.05, 3.63) is 30.3 Å². The van der Waals surface area contributed by atoms with Gasteiger partial charge in [-0.15, -0.1) is 5.92 Å². The normalized spacial score (nSPS) is 13.2. The monoisotopic (exact) mass is 371 g/mol. The lowest BCUT2D eigenvalue weighted by atomic mass is 10.0. The molecule has 0 saturated heterocycles. The highest BCUT2D eigenvalue weighted by molar-refractivity contribution is 8.00. The van der Waals surface area contributed by atoms with Gasteiger partial charge in [0, 0.05) is 4.75 Å². The molecule has 0 amide bonds. The van der Waals surface area contributed by atoms with E-state index in [0.717, 1.165) is 0 Å². The van der Waals surface area contributed by atoms with Crippen LogP contribution in [0.5, 0.6) is 0 Å². The summed E-state index contributed by atoms with van der Waals surface area (Å²) in [5, 5.41) is 9.64. The van der Waals surface area contributed by atoms with Crippen molar-refractivity contribution in [2.24, 2.45) is 0 Å². The predicted molar refractivity (Wildman–Crippen MR) is 93.9 cm³/mol. The van der Waals surface area contributed by atoms with Crippen LogP contribution in [0.2, 0.25) is 0 Å². The number of hydrogen-bond acceptors (Lipinski definition) is 5. The van der Waals surface area contributed by atoms with Crippen LogP contribution >= 0.6 is 11.8 Å². The van der Waals surface area contributed by atoms with E-state index in [4.69, 9.17) is 4.84 Å². The van der Waals surface area contributed by atoms with Gasteiger partial charge >= 0.3 is 5.97 Å². The van der Waals surface area contributed by atoms with Crippen molar-refractivity contribution in [2.75, 3.05) is 12.9 Å². The lowest BCUT2D eigenvalue weighted by Gasteiger charge is -2.36. The fourth-order valence-electron chi connectivity index (χ4n) is 1.90. The van der Waals surface area contributed by atoms with Crippen molar-refractivity contribution in [2.45, 2.75) is 36.5 Å². The van der Waals surface area contributed by atoms with Crippen molar-refractivity contribution in [1.82, 2.24) is 4.47 Å². The van der Waals surface area contributed by atoms with Crippen LogP contribution in [0.1, 0.15) is 20.8 Å². The number of sulfonamides is 1. The molecule has 1 unspecified atom stereocenters. The molecule has 0 spiro atoms. The summed E-state index contributed by atoms with van der Waals surface area (Å²) in [7, 11) is -4.17. The average Bonchev–Trinajstić information content (AvgIpc) is 2.54. The first-order valence-corrected chi connectivity index (χ1v) is 9.75. The van der Waals surface area contributed by atoms with Gasteiger partial charge in [-0.3, -0.25) is 9.63 Å². The molecule has 0 heterocycles. The molecule has 24 heavy (non-hydrogen) atoms. The number of carbonyl (C=O) groups is 1. The van der Waals surface area contributed by atoms with E-state index in [9.17, 15) is 18.3 Å². The third-order valence-corrected chi connectivity index (χ3v) is 6.28. The fraction of sp³-hybridized carbons (Fsp3) is 0.438. The maximum absolute atomic E-state index is 12.9. The molecule has 0 bridgehead atoms. The number of thioether (sulfide) groups is 1. The van der Waals surface area contributed by atoms with Gasteiger partial charge in [0.05, 0.1) is 4.90 Å². The van der Waals surface area contributed by atoms with Crippen LogP contribution in [0.25, 0.3) is 0 Å². The molecule has 0 aliphatic heterocycles. The molecule has 1 aromatic rings. The minimum absolute atomic E-state index is 0.0439. The first-order chi connectivity index (χ1) is 11.2. The quantitative estimate of drug-likeness (QED) is 0.557. The minimum atomic E-state index is -4.17. The summed E-state index contributed by atoms with van der Waals surface area (Å²) in [6.45, 7) is 4.66. The van der Waals surface area contributed by atoms with E-state index in [0.29, 0.717) is 4.47 Å². The van der Waals surface area contributed by atoms with Crippen molar-refractivity contribution in [1.29, 1.82) is 0 Å². The average molecular weight is 371 g/mol. The molecular weight excluding hydrogens is 350 g/mol. The number of nitrogens with zero attached hydrogens (tertiary/aromatic N) is 1. The SMILES string of the molecule is CC#CCON(C(C(=O)O)C(C)(C)SC)S(=O)(=O)c1ccccc1. The Morgan fingerprint density at radius 1 is 1.38 bits per heavy atom. The smallest absolute Gasteiger partial charge is 0.326 e. The molecule has 132 valence electrons. The fourth-order valence-corrected chi connectivity index (χ4v) is 3.92. The standard InChI is InChI=1S/C16H21NO5S2/c1-5-6-12-22-17(14(15(18)19)16(2,3)23-4)24(20,21)13-10-8-7-9-11-13/h7-11,14H,12H2,1-4H3,(H,18,19). The third-order valence-electron chi connectivity index (χ3n) is 3.35. The largest absolute Gasteiger partial charge is 0.480 e. The van der Waals surface area contributed by atoms with Crippen molar-refractivity contribution < 1.29 is 23.2 Å². The van der Waals surface area contributed by atoms with Gasteiger partial charge < -0.3 is 5.11 Å². The lowest BCUT2D eigenvalue weighted by Crippen LogP contribution is -2.54. The van der Waals surface area contributed by atoms with Gasteiger partial charge in [0.15, 0.2) is 6.04 Å². The Labute approximate surface area is 147 Å². The van der Waals surface area contributed by atoms with E-state index in [1.807, 2.05) is 0 Å². The number of benzene rings is 1. The predicted octanol–water partition coefficient (Wildman–Crippen LogP) is 2.23. The second kappa shape index (κ2) is 8.53. The van der Waals surface area contributed by atoms with E-state index in [-0.39, 0.29) is 11.5 Å². The molecule has 0 aliphatic rings.